The summed E-state index contributed by atoms with van der Waals surface area (Å²) in [7, 11) is 1.65. The average molecular weight is 409 g/mol. The number of rotatable bonds is 5. The predicted octanol–water partition coefficient (Wildman–Crippen LogP) is -0.904. The maximum Gasteiger partial charge on any atom is 0.292 e. The van der Waals surface area contributed by atoms with Crippen LogP contribution in [0.15, 0.2) is 48.5 Å². The van der Waals surface area contributed by atoms with Gasteiger partial charge < -0.3 is 24.4 Å². The van der Waals surface area contributed by atoms with Crippen molar-refractivity contribution in [1.29, 1.82) is 0 Å². The molecule has 1 atom stereocenters. The highest BCUT2D eigenvalue weighted by Gasteiger charge is 2.46. The molecule has 2 aromatic carbocycles. The third-order valence-electron chi connectivity index (χ3n) is 5.83. The molecule has 156 valence electrons. The van der Waals surface area contributed by atoms with Crippen molar-refractivity contribution in [3.8, 4) is 5.75 Å². The number of nitrogens with zero attached hydrogens (tertiary/aromatic N) is 2. The fraction of sp³-hybridized carbons (Fsp3) is 0.318. The van der Waals surface area contributed by atoms with E-state index in [4.69, 9.17) is 4.74 Å². The van der Waals surface area contributed by atoms with Crippen LogP contribution in [0.25, 0.3) is 0 Å². The van der Waals surface area contributed by atoms with Crippen molar-refractivity contribution >= 4 is 29.2 Å². The second kappa shape index (κ2) is 8.16. The normalized spacial score (nSPS) is 20.0. The molecule has 2 amide bonds. The zero-order chi connectivity index (χ0) is 21.3. The van der Waals surface area contributed by atoms with Crippen molar-refractivity contribution in [2.75, 3.05) is 43.1 Å². The summed E-state index contributed by atoms with van der Waals surface area (Å²) in [5, 5.41) is 10.9. The number of hydrogen-bond acceptors (Lipinski definition) is 6. The van der Waals surface area contributed by atoms with Gasteiger partial charge in [-0.15, -0.1) is 0 Å². The summed E-state index contributed by atoms with van der Waals surface area (Å²) in [4.78, 5) is 41.0. The molecule has 2 saturated heterocycles. The highest BCUT2D eigenvalue weighted by Crippen LogP contribution is 2.27. The summed E-state index contributed by atoms with van der Waals surface area (Å²) >= 11 is 0. The maximum absolute atomic E-state index is 13.0. The summed E-state index contributed by atoms with van der Waals surface area (Å²) in [6, 6.07) is 13.1. The number of aromatic carboxylic acids is 1. The second-order valence-corrected chi connectivity index (χ2v) is 7.48. The monoisotopic (exact) mass is 409 g/mol. The Labute approximate surface area is 174 Å². The molecule has 30 heavy (non-hydrogen) atoms. The first-order chi connectivity index (χ1) is 14.5. The van der Waals surface area contributed by atoms with Crippen LogP contribution in [0, 0.1) is 0 Å². The van der Waals surface area contributed by atoms with Gasteiger partial charge in [0.15, 0.2) is 6.04 Å². The van der Waals surface area contributed by atoms with Gasteiger partial charge in [0.05, 0.1) is 57.1 Å². The number of nitrogens with one attached hydrogen (secondary N) is 1. The molecule has 0 unspecified atom stereocenters. The summed E-state index contributed by atoms with van der Waals surface area (Å²) in [5.74, 6) is -0.970. The van der Waals surface area contributed by atoms with Gasteiger partial charge in [-0.3, -0.25) is 9.59 Å². The Bertz CT molecular complexity index is 967. The Kier molecular flexibility index (Phi) is 5.41. The van der Waals surface area contributed by atoms with Crippen molar-refractivity contribution in [2.45, 2.75) is 12.5 Å². The lowest BCUT2D eigenvalue weighted by Crippen LogP contribution is -3.19. The first kappa shape index (κ1) is 19.9. The quantitative estimate of drug-likeness (QED) is 0.643. The molecule has 8 nitrogen and oxygen atoms in total. The number of hydrogen-bond donors (Lipinski definition) is 1. The van der Waals surface area contributed by atoms with Crippen LogP contribution in [0.5, 0.6) is 5.75 Å². The third-order valence-corrected chi connectivity index (χ3v) is 5.83. The lowest BCUT2D eigenvalue weighted by Gasteiger charge is -2.36. The fourth-order valence-electron chi connectivity index (χ4n) is 4.24. The number of carboxylic acids is 1. The van der Waals surface area contributed by atoms with E-state index in [-0.39, 0.29) is 23.8 Å². The van der Waals surface area contributed by atoms with E-state index in [1.54, 1.807) is 7.11 Å². The van der Waals surface area contributed by atoms with Crippen molar-refractivity contribution in [3.63, 3.8) is 0 Å². The summed E-state index contributed by atoms with van der Waals surface area (Å²) in [6.07, 6.45) is 0.158. The molecule has 0 saturated carbocycles. The van der Waals surface area contributed by atoms with E-state index >= 15 is 0 Å². The lowest BCUT2D eigenvalue weighted by molar-refractivity contribution is -0.915. The number of benzene rings is 2. The van der Waals surface area contributed by atoms with Gasteiger partial charge in [-0.2, -0.15) is 0 Å². The Morgan fingerprint density at radius 2 is 1.73 bits per heavy atom. The molecule has 8 heteroatoms. The summed E-state index contributed by atoms with van der Waals surface area (Å²) in [5.41, 5.74) is 1.43. The van der Waals surface area contributed by atoms with Crippen LogP contribution in [0.4, 0.5) is 11.4 Å². The van der Waals surface area contributed by atoms with E-state index in [1.165, 1.54) is 29.2 Å². The largest absolute Gasteiger partial charge is 0.545 e. The molecule has 0 bridgehead atoms. The van der Waals surface area contributed by atoms with Crippen molar-refractivity contribution < 1.29 is 29.1 Å². The van der Waals surface area contributed by atoms with Gasteiger partial charge in [0.25, 0.3) is 5.91 Å². The van der Waals surface area contributed by atoms with Gasteiger partial charge in [0, 0.05) is 0 Å². The van der Waals surface area contributed by atoms with Gasteiger partial charge in [-0.25, -0.2) is 4.90 Å². The molecular formula is C22H23N3O5. The van der Waals surface area contributed by atoms with E-state index in [1.807, 2.05) is 24.3 Å². The minimum absolute atomic E-state index is 0.00693. The Morgan fingerprint density at radius 3 is 2.37 bits per heavy atom. The number of carboxylic acid groups (broad SMARTS) is 1. The maximum atomic E-state index is 13.0. The topological polar surface area (TPSA) is 94.4 Å². The van der Waals surface area contributed by atoms with Crippen molar-refractivity contribution in [2.24, 2.45) is 0 Å². The zero-order valence-corrected chi connectivity index (χ0v) is 16.7. The van der Waals surface area contributed by atoms with Crippen LogP contribution in [-0.4, -0.2) is 57.1 Å². The summed E-state index contributed by atoms with van der Waals surface area (Å²) in [6.45, 7) is 2.99. The Balaban J connectivity index is 1.44. The van der Waals surface area contributed by atoms with Crippen LogP contribution in [0.1, 0.15) is 16.8 Å². The molecular weight excluding hydrogens is 386 g/mol. The van der Waals surface area contributed by atoms with Crippen LogP contribution < -0.4 is 24.5 Å². The van der Waals surface area contributed by atoms with Crippen LogP contribution in [0.3, 0.4) is 0 Å². The van der Waals surface area contributed by atoms with Crippen LogP contribution in [-0.2, 0) is 9.59 Å². The van der Waals surface area contributed by atoms with E-state index < -0.39 is 12.0 Å². The minimum atomic E-state index is -1.30. The number of quaternary nitrogens is 1. The smallest absolute Gasteiger partial charge is 0.292 e. The predicted molar refractivity (Wildman–Crippen MR) is 108 cm³/mol. The van der Waals surface area contributed by atoms with Gasteiger partial charge >= 0.3 is 0 Å². The van der Waals surface area contributed by atoms with Crippen LogP contribution in [0.2, 0.25) is 0 Å². The molecule has 1 N–H and O–H groups in total. The molecule has 4 rings (SSSR count). The first-order valence-corrected chi connectivity index (χ1v) is 9.90. The molecule has 2 aliphatic rings. The number of imide groups is 1. The molecule has 0 aliphatic carbocycles. The standard InChI is InChI=1S/C22H23N3O5/c1-30-19-5-3-2-4-17(19)23-10-12-24(13-11-23)18-14-20(26)25(21(18)27)16-8-6-15(7-9-16)22(28)29/h2-9,18H,10-14H2,1H3,(H,28,29)/t18-/m1/s1. The molecule has 2 fully saturated rings. The highest BCUT2D eigenvalue weighted by atomic mass is 16.5. The van der Waals surface area contributed by atoms with Crippen molar-refractivity contribution in [3.05, 3.63) is 54.1 Å². The van der Waals surface area contributed by atoms with Crippen LogP contribution >= 0.6 is 0 Å². The Hall–Kier alpha value is -3.39. The lowest BCUT2D eigenvalue weighted by atomic mass is 10.1. The van der Waals surface area contributed by atoms with E-state index in [2.05, 4.69) is 4.90 Å². The number of methoxy groups -OCH3 is 1. The average Bonchev–Trinajstić information content (AvgIpc) is 3.07. The van der Waals surface area contributed by atoms with Gasteiger partial charge in [0.2, 0.25) is 5.91 Å². The van der Waals surface area contributed by atoms with Gasteiger partial charge in [-0.05, 0) is 29.8 Å². The van der Waals surface area contributed by atoms with E-state index in [0.29, 0.717) is 5.69 Å². The summed E-state index contributed by atoms with van der Waals surface area (Å²) < 4.78 is 5.45. The number of para-hydroxylation sites is 2. The number of carbonyl (C=O) groups excluding carboxylic acids is 3. The Morgan fingerprint density at radius 1 is 1.07 bits per heavy atom. The number of ether oxygens (including phenoxy) is 1. The highest BCUT2D eigenvalue weighted by molar-refractivity contribution is 6.21. The number of amides is 2. The van der Waals surface area contributed by atoms with E-state index in [0.717, 1.165) is 42.5 Å². The number of piperazine rings is 1. The molecule has 0 spiro atoms. The molecule has 2 heterocycles. The SMILES string of the molecule is COc1ccccc1N1CC[NH+]([C@@H]2CC(=O)N(c3ccc(C(=O)[O-])cc3)C2=O)CC1. The van der Waals surface area contributed by atoms with Crippen molar-refractivity contribution in [1.82, 2.24) is 0 Å². The zero-order valence-electron chi connectivity index (χ0n) is 16.7. The molecule has 2 aromatic rings. The number of anilines is 2. The second-order valence-electron chi connectivity index (χ2n) is 7.48. The van der Waals surface area contributed by atoms with Gasteiger partial charge in [-0.1, -0.05) is 24.3 Å². The first-order valence-electron chi connectivity index (χ1n) is 9.90. The fourth-order valence-corrected chi connectivity index (χ4v) is 4.24. The third kappa shape index (κ3) is 3.61. The van der Waals surface area contributed by atoms with Gasteiger partial charge in [0.1, 0.15) is 5.75 Å². The molecule has 2 aliphatic heterocycles. The van der Waals surface area contributed by atoms with E-state index in [9.17, 15) is 19.5 Å². The number of carbonyl (C=O) groups is 3. The minimum Gasteiger partial charge on any atom is -0.545 e. The molecule has 0 radical (unpaired) electrons. The molecule has 0 aromatic heterocycles.